The van der Waals surface area contributed by atoms with E-state index in [2.05, 4.69) is 12.6 Å². The summed E-state index contributed by atoms with van der Waals surface area (Å²) in [6.07, 6.45) is 0. The smallest absolute Gasteiger partial charge is 0.150 e. The molecule has 0 aliphatic heterocycles. The van der Waals surface area contributed by atoms with E-state index in [1.54, 1.807) is 6.07 Å². The molecule has 62 valence electrons. The SMILES string of the molecule is COc1c(C#N)ccc(C)c1S. The van der Waals surface area contributed by atoms with Gasteiger partial charge in [-0.15, -0.1) is 12.6 Å². The molecule has 0 amide bonds. The van der Waals surface area contributed by atoms with E-state index in [9.17, 15) is 0 Å². The van der Waals surface area contributed by atoms with Gasteiger partial charge in [0.2, 0.25) is 0 Å². The highest BCUT2D eigenvalue weighted by atomic mass is 32.1. The Morgan fingerprint density at radius 1 is 1.50 bits per heavy atom. The molecule has 0 saturated heterocycles. The van der Waals surface area contributed by atoms with Crippen LogP contribution in [0.15, 0.2) is 17.0 Å². The van der Waals surface area contributed by atoms with Gasteiger partial charge in [0.1, 0.15) is 11.8 Å². The van der Waals surface area contributed by atoms with Gasteiger partial charge in [-0.3, -0.25) is 0 Å². The Morgan fingerprint density at radius 2 is 2.17 bits per heavy atom. The van der Waals surface area contributed by atoms with Gasteiger partial charge in [0.25, 0.3) is 0 Å². The molecule has 3 heteroatoms. The van der Waals surface area contributed by atoms with Crippen molar-refractivity contribution in [2.24, 2.45) is 0 Å². The van der Waals surface area contributed by atoms with E-state index in [-0.39, 0.29) is 0 Å². The highest BCUT2D eigenvalue weighted by Crippen LogP contribution is 2.29. The van der Waals surface area contributed by atoms with E-state index in [1.807, 2.05) is 19.1 Å². The van der Waals surface area contributed by atoms with Crippen LogP contribution in [0, 0.1) is 18.3 Å². The number of hydrogen-bond acceptors (Lipinski definition) is 3. The minimum Gasteiger partial charge on any atom is -0.494 e. The molecule has 0 radical (unpaired) electrons. The highest BCUT2D eigenvalue weighted by Gasteiger charge is 2.07. The van der Waals surface area contributed by atoms with E-state index < -0.39 is 0 Å². The molecule has 0 aromatic heterocycles. The Labute approximate surface area is 77.2 Å². The van der Waals surface area contributed by atoms with Crippen LogP contribution in [0.4, 0.5) is 0 Å². The predicted molar refractivity (Wildman–Crippen MR) is 49.7 cm³/mol. The number of methoxy groups -OCH3 is 1. The molecule has 0 aliphatic carbocycles. The Kier molecular flexibility index (Phi) is 2.61. The molecule has 0 N–H and O–H groups in total. The molecular weight excluding hydrogens is 170 g/mol. The number of aryl methyl sites for hydroxylation is 1. The summed E-state index contributed by atoms with van der Waals surface area (Å²) in [6.45, 7) is 1.92. The lowest BCUT2D eigenvalue weighted by Crippen LogP contribution is -1.91. The van der Waals surface area contributed by atoms with Crippen molar-refractivity contribution in [2.75, 3.05) is 7.11 Å². The molecule has 0 atom stereocenters. The number of nitriles is 1. The fourth-order valence-corrected chi connectivity index (χ4v) is 1.25. The lowest BCUT2D eigenvalue weighted by molar-refractivity contribution is 0.403. The average Bonchev–Trinajstić information content (AvgIpc) is 2.09. The van der Waals surface area contributed by atoms with Crippen LogP contribution in [0.2, 0.25) is 0 Å². The normalized spacial score (nSPS) is 9.17. The van der Waals surface area contributed by atoms with Crippen molar-refractivity contribution < 1.29 is 4.74 Å². The van der Waals surface area contributed by atoms with Crippen molar-refractivity contribution in [3.05, 3.63) is 23.3 Å². The third kappa shape index (κ3) is 1.39. The number of benzene rings is 1. The lowest BCUT2D eigenvalue weighted by Gasteiger charge is -2.07. The van der Waals surface area contributed by atoms with E-state index in [1.165, 1.54) is 7.11 Å². The van der Waals surface area contributed by atoms with Gasteiger partial charge >= 0.3 is 0 Å². The van der Waals surface area contributed by atoms with Crippen molar-refractivity contribution in [2.45, 2.75) is 11.8 Å². The van der Waals surface area contributed by atoms with Gasteiger partial charge in [0.15, 0.2) is 0 Å². The first-order chi connectivity index (χ1) is 5.70. The molecule has 0 saturated carbocycles. The molecule has 2 nitrogen and oxygen atoms in total. The predicted octanol–water partition coefficient (Wildman–Crippen LogP) is 2.16. The number of ether oxygens (including phenoxy) is 1. The molecule has 12 heavy (non-hydrogen) atoms. The first-order valence-corrected chi connectivity index (χ1v) is 3.92. The van der Waals surface area contributed by atoms with Gasteiger partial charge in [-0.05, 0) is 18.6 Å². The highest BCUT2D eigenvalue weighted by molar-refractivity contribution is 7.80. The van der Waals surface area contributed by atoms with Crippen molar-refractivity contribution in [3.8, 4) is 11.8 Å². The van der Waals surface area contributed by atoms with Gasteiger partial charge < -0.3 is 4.74 Å². The second-order valence-corrected chi connectivity index (χ2v) is 2.87. The Morgan fingerprint density at radius 3 is 2.67 bits per heavy atom. The molecule has 0 fully saturated rings. The van der Waals surface area contributed by atoms with Gasteiger partial charge in [-0.25, -0.2) is 0 Å². The van der Waals surface area contributed by atoms with Gasteiger partial charge in [-0.1, -0.05) is 6.07 Å². The standard InChI is InChI=1S/C9H9NOS/c1-6-3-4-7(5-10)8(11-2)9(6)12/h3-4,12H,1-2H3. The summed E-state index contributed by atoms with van der Waals surface area (Å²) in [5.41, 5.74) is 1.53. The van der Waals surface area contributed by atoms with Crippen LogP contribution in [0.5, 0.6) is 5.75 Å². The molecule has 0 unspecified atom stereocenters. The topological polar surface area (TPSA) is 33.0 Å². The van der Waals surface area contributed by atoms with Crippen LogP contribution in [0.3, 0.4) is 0 Å². The van der Waals surface area contributed by atoms with E-state index in [0.29, 0.717) is 11.3 Å². The van der Waals surface area contributed by atoms with Crippen LogP contribution in [-0.2, 0) is 0 Å². The molecule has 0 heterocycles. The maximum Gasteiger partial charge on any atom is 0.150 e. The second-order valence-electron chi connectivity index (χ2n) is 2.42. The van der Waals surface area contributed by atoms with Crippen molar-refractivity contribution in [3.63, 3.8) is 0 Å². The summed E-state index contributed by atoms with van der Waals surface area (Å²) in [7, 11) is 1.54. The molecule has 0 spiro atoms. The molecule has 1 aromatic rings. The van der Waals surface area contributed by atoms with Crippen molar-refractivity contribution >= 4 is 12.6 Å². The summed E-state index contributed by atoms with van der Waals surface area (Å²) < 4.78 is 5.05. The largest absolute Gasteiger partial charge is 0.494 e. The summed E-state index contributed by atoms with van der Waals surface area (Å²) in [6, 6.07) is 5.62. The molecular formula is C9H9NOS. The van der Waals surface area contributed by atoms with E-state index in [0.717, 1.165) is 10.5 Å². The average molecular weight is 179 g/mol. The quantitative estimate of drug-likeness (QED) is 0.670. The Balaban J connectivity index is 3.38. The summed E-state index contributed by atoms with van der Waals surface area (Å²) in [4.78, 5) is 0.733. The van der Waals surface area contributed by atoms with Crippen molar-refractivity contribution in [1.29, 1.82) is 5.26 Å². The molecule has 1 rings (SSSR count). The Bertz CT molecular complexity index is 341. The van der Waals surface area contributed by atoms with Crippen LogP contribution in [0.25, 0.3) is 0 Å². The van der Waals surface area contributed by atoms with Gasteiger partial charge in [0.05, 0.1) is 17.6 Å². The van der Waals surface area contributed by atoms with Crippen LogP contribution < -0.4 is 4.74 Å². The summed E-state index contributed by atoms with van der Waals surface area (Å²) in [5, 5.41) is 8.70. The third-order valence-corrected chi connectivity index (χ3v) is 2.21. The zero-order valence-corrected chi connectivity index (χ0v) is 7.85. The maximum absolute atomic E-state index is 8.70. The minimum atomic E-state index is 0.521. The number of nitrogens with zero attached hydrogens (tertiary/aromatic N) is 1. The number of thiol groups is 1. The van der Waals surface area contributed by atoms with Crippen LogP contribution in [-0.4, -0.2) is 7.11 Å². The van der Waals surface area contributed by atoms with Crippen LogP contribution in [0.1, 0.15) is 11.1 Å². The van der Waals surface area contributed by atoms with Crippen molar-refractivity contribution in [1.82, 2.24) is 0 Å². The molecule has 0 aliphatic rings. The van der Waals surface area contributed by atoms with Gasteiger partial charge in [-0.2, -0.15) is 5.26 Å². The van der Waals surface area contributed by atoms with E-state index in [4.69, 9.17) is 10.00 Å². The van der Waals surface area contributed by atoms with Gasteiger partial charge in [0, 0.05) is 0 Å². The number of rotatable bonds is 1. The van der Waals surface area contributed by atoms with E-state index >= 15 is 0 Å². The monoisotopic (exact) mass is 179 g/mol. The minimum absolute atomic E-state index is 0.521. The summed E-state index contributed by atoms with van der Waals surface area (Å²) >= 11 is 4.24. The number of hydrogen-bond donors (Lipinski definition) is 1. The summed E-state index contributed by atoms with van der Waals surface area (Å²) in [5.74, 6) is 0.556. The lowest BCUT2D eigenvalue weighted by atomic mass is 10.1. The zero-order chi connectivity index (χ0) is 9.14. The Hall–Kier alpha value is -1.14. The fourth-order valence-electron chi connectivity index (χ4n) is 0.964. The third-order valence-electron chi connectivity index (χ3n) is 1.66. The maximum atomic E-state index is 8.70. The second kappa shape index (κ2) is 3.51. The molecule has 1 aromatic carbocycles. The zero-order valence-electron chi connectivity index (χ0n) is 6.96. The first kappa shape index (κ1) is 8.95. The van der Waals surface area contributed by atoms with Crippen LogP contribution >= 0.6 is 12.6 Å². The molecule has 0 bridgehead atoms. The fraction of sp³-hybridized carbons (Fsp3) is 0.222. The first-order valence-electron chi connectivity index (χ1n) is 3.47.